The van der Waals surface area contributed by atoms with Gasteiger partial charge in [0.15, 0.2) is 0 Å². The van der Waals surface area contributed by atoms with Crippen molar-refractivity contribution in [1.82, 2.24) is 19.5 Å². The summed E-state index contributed by atoms with van der Waals surface area (Å²) < 4.78 is 1.37. The number of nitrogens with zero attached hydrogens (tertiary/aromatic N) is 4. The summed E-state index contributed by atoms with van der Waals surface area (Å²) in [5.41, 5.74) is 0.683. The molecule has 1 N–H and O–H groups in total. The van der Waals surface area contributed by atoms with Crippen LogP contribution in [0.25, 0.3) is 4.96 Å². The van der Waals surface area contributed by atoms with Gasteiger partial charge in [0, 0.05) is 23.8 Å². The number of hydrogen-bond acceptors (Lipinski definition) is 6. The molecule has 0 aromatic carbocycles. The molecule has 1 fully saturated rings. The Hall–Kier alpha value is -1.47. The van der Waals surface area contributed by atoms with Gasteiger partial charge in [0.25, 0.3) is 5.56 Å². The van der Waals surface area contributed by atoms with Crippen LogP contribution < -0.4 is 10.9 Å². The lowest BCUT2D eigenvalue weighted by Gasteiger charge is -2.41. The number of aromatic nitrogens is 3. The van der Waals surface area contributed by atoms with Gasteiger partial charge < -0.3 is 5.32 Å². The fourth-order valence-corrected chi connectivity index (χ4v) is 3.74. The van der Waals surface area contributed by atoms with E-state index >= 15 is 0 Å². The summed E-state index contributed by atoms with van der Waals surface area (Å²) in [6, 6.07) is 1.51. The lowest BCUT2D eigenvalue weighted by atomic mass is 9.99. The number of nitrogens with one attached hydrogen (secondary N) is 1. The molecule has 120 valence electrons. The lowest BCUT2D eigenvalue weighted by Crippen LogP contribution is -2.50. The van der Waals surface area contributed by atoms with E-state index in [9.17, 15) is 4.79 Å². The fraction of sp³-hybridized carbons (Fsp3) is 0.667. The summed E-state index contributed by atoms with van der Waals surface area (Å²) in [6.45, 7) is 9.47. The standard InChI is InChI=1S/C15H23N5OS/c1-11-9-12(21)20-14(17-11)22-13(18-20)16-10-15(2,3)19-7-5-4-6-8-19/h9H,4-8,10H2,1-3H3,(H,16,18). The normalized spacial score (nSPS) is 17.0. The molecule has 0 unspecified atom stereocenters. The Balaban J connectivity index is 1.73. The van der Waals surface area contributed by atoms with Crippen LogP contribution in [0.1, 0.15) is 38.8 Å². The third-order valence-electron chi connectivity index (χ3n) is 4.26. The highest BCUT2D eigenvalue weighted by molar-refractivity contribution is 7.20. The van der Waals surface area contributed by atoms with Gasteiger partial charge in [-0.2, -0.15) is 4.52 Å². The zero-order valence-electron chi connectivity index (χ0n) is 13.4. The quantitative estimate of drug-likeness (QED) is 0.935. The predicted molar refractivity (Wildman–Crippen MR) is 89.9 cm³/mol. The number of aryl methyl sites for hydroxylation is 1. The monoisotopic (exact) mass is 321 g/mol. The Morgan fingerprint density at radius 1 is 1.32 bits per heavy atom. The van der Waals surface area contributed by atoms with E-state index in [1.54, 1.807) is 0 Å². The number of likely N-dealkylation sites (tertiary alicyclic amines) is 1. The van der Waals surface area contributed by atoms with Gasteiger partial charge in [-0.05, 0) is 46.7 Å². The number of rotatable bonds is 4. The fourth-order valence-electron chi connectivity index (χ4n) is 2.89. The Morgan fingerprint density at radius 3 is 2.77 bits per heavy atom. The van der Waals surface area contributed by atoms with E-state index in [0.29, 0.717) is 4.96 Å². The van der Waals surface area contributed by atoms with Crippen LogP contribution in [0.5, 0.6) is 0 Å². The first kappa shape index (κ1) is 15.4. The van der Waals surface area contributed by atoms with E-state index in [0.717, 1.165) is 30.5 Å². The summed E-state index contributed by atoms with van der Waals surface area (Å²) in [5.74, 6) is 0. The van der Waals surface area contributed by atoms with Gasteiger partial charge in [-0.1, -0.05) is 17.8 Å². The molecule has 3 heterocycles. The van der Waals surface area contributed by atoms with Gasteiger partial charge in [0.05, 0.1) is 0 Å². The van der Waals surface area contributed by atoms with Crippen molar-refractivity contribution in [3.05, 3.63) is 22.1 Å². The van der Waals surface area contributed by atoms with Crippen molar-refractivity contribution >= 4 is 21.4 Å². The summed E-state index contributed by atoms with van der Waals surface area (Å²) >= 11 is 1.42. The lowest BCUT2D eigenvalue weighted by molar-refractivity contribution is 0.105. The Kier molecular flexibility index (Phi) is 4.18. The average molecular weight is 321 g/mol. The number of fused-ring (bicyclic) bond motifs is 1. The van der Waals surface area contributed by atoms with E-state index in [1.165, 1.54) is 41.2 Å². The maximum Gasteiger partial charge on any atom is 0.275 e. The first-order chi connectivity index (χ1) is 10.5. The van der Waals surface area contributed by atoms with Crippen LogP contribution in [0.3, 0.4) is 0 Å². The maximum absolute atomic E-state index is 11.9. The summed E-state index contributed by atoms with van der Waals surface area (Å²) in [5, 5.41) is 8.47. The second-order valence-electron chi connectivity index (χ2n) is 6.55. The first-order valence-electron chi connectivity index (χ1n) is 7.82. The van der Waals surface area contributed by atoms with Crippen molar-refractivity contribution in [3.63, 3.8) is 0 Å². The van der Waals surface area contributed by atoms with Gasteiger partial charge in [-0.15, -0.1) is 5.10 Å². The van der Waals surface area contributed by atoms with Crippen LogP contribution in [-0.4, -0.2) is 44.7 Å². The third kappa shape index (κ3) is 3.15. The molecule has 3 rings (SSSR count). The Bertz CT molecular complexity index is 714. The van der Waals surface area contributed by atoms with Gasteiger partial charge >= 0.3 is 0 Å². The Labute approximate surface area is 134 Å². The molecule has 0 radical (unpaired) electrons. The van der Waals surface area contributed by atoms with Crippen molar-refractivity contribution in [1.29, 1.82) is 0 Å². The second kappa shape index (κ2) is 5.96. The zero-order chi connectivity index (χ0) is 15.7. The van der Waals surface area contributed by atoms with Crippen molar-refractivity contribution < 1.29 is 0 Å². The molecular formula is C15H23N5OS. The van der Waals surface area contributed by atoms with Crippen LogP contribution >= 0.6 is 11.3 Å². The van der Waals surface area contributed by atoms with E-state index < -0.39 is 0 Å². The van der Waals surface area contributed by atoms with Crippen LogP contribution in [0.15, 0.2) is 10.9 Å². The maximum atomic E-state index is 11.9. The van der Waals surface area contributed by atoms with Crippen molar-refractivity contribution in [3.8, 4) is 0 Å². The smallest absolute Gasteiger partial charge is 0.275 e. The minimum Gasteiger partial charge on any atom is -0.358 e. The number of hydrogen-bond donors (Lipinski definition) is 1. The van der Waals surface area contributed by atoms with E-state index in [-0.39, 0.29) is 11.1 Å². The van der Waals surface area contributed by atoms with Crippen LogP contribution in [0.4, 0.5) is 5.13 Å². The molecule has 0 aliphatic carbocycles. The molecule has 0 amide bonds. The summed E-state index contributed by atoms with van der Waals surface area (Å²) in [4.78, 5) is 19.4. The minimum atomic E-state index is -0.123. The van der Waals surface area contributed by atoms with Crippen molar-refractivity contribution in [2.75, 3.05) is 25.0 Å². The van der Waals surface area contributed by atoms with Crippen molar-refractivity contribution in [2.45, 2.75) is 45.6 Å². The van der Waals surface area contributed by atoms with E-state index in [2.05, 4.69) is 34.1 Å². The van der Waals surface area contributed by atoms with E-state index in [4.69, 9.17) is 0 Å². The largest absolute Gasteiger partial charge is 0.358 e. The molecule has 1 saturated heterocycles. The molecule has 22 heavy (non-hydrogen) atoms. The molecule has 0 spiro atoms. The average Bonchev–Trinajstić information content (AvgIpc) is 2.89. The topological polar surface area (TPSA) is 62.5 Å². The molecular weight excluding hydrogens is 298 g/mol. The predicted octanol–water partition coefficient (Wildman–Crippen LogP) is 2.14. The SMILES string of the molecule is Cc1cc(=O)n2nc(NCC(C)(C)N3CCCCC3)sc2n1. The molecule has 1 aliphatic heterocycles. The van der Waals surface area contributed by atoms with Crippen LogP contribution in [0.2, 0.25) is 0 Å². The summed E-state index contributed by atoms with van der Waals surface area (Å²) in [6.07, 6.45) is 3.90. The van der Waals surface area contributed by atoms with Gasteiger partial charge in [-0.25, -0.2) is 4.98 Å². The molecule has 2 aromatic rings. The molecule has 0 bridgehead atoms. The molecule has 0 saturated carbocycles. The van der Waals surface area contributed by atoms with Gasteiger partial charge in [0.1, 0.15) is 0 Å². The summed E-state index contributed by atoms with van der Waals surface area (Å²) in [7, 11) is 0. The number of anilines is 1. The molecule has 1 aliphatic rings. The van der Waals surface area contributed by atoms with Crippen LogP contribution in [-0.2, 0) is 0 Å². The second-order valence-corrected chi connectivity index (χ2v) is 7.51. The van der Waals surface area contributed by atoms with Crippen molar-refractivity contribution in [2.24, 2.45) is 0 Å². The molecule has 7 heteroatoms. The third-order valence-corrected chi connectivity index (χ3v) is 5.12. The number of piperidine rings is 1. The highest BCUT2D eigenvalue weighted by Gasteiger charge is 2.28. The van der Waals surface area contributed by atoms with E-state index in [1.807, 2.05) is 6.92 Å². The highest BCUT2D eigenvalue weighted by atomic mass is 32.1. The Morgan fingerprint density at radius 2 is 2.05 bits per heavy atom. The molecule has 6 nitrogen and oxygen atoms in total. The first-order valence-corrected chi connectivity index (χ1v) is 8.64. The minimum absolute atomic E-state index is 0.0760. The molecule has 2 aromatic heterocycles. The van der Waals surface area contributed by atoms with Gasteiger partial charge in [-0.3, -0.25) is 9.69 Å². The molecule has 0 atom stereocenters. The van der Waals surface area contributed by atoms with Gasteiger partial charge in [0.2, 0.25) is 10.1 Å². The zero-order valence-corrected chi connectivity index (χ0v) is 14.2. The highest BCUT2D eigenvalue weighted by Crippen LogP contribution is 2.23. The van der Waals surface area contributed by atoms with Crippen LogP contribution in [0, 0.1) is 6.92 Å².